The van der Waals surface area contributed by atoms with Crippen molar-refractivity contribution >= 4 is 5.69 Å². The number of hydrogen-bond acceptors (Lipinski definition) is 2. The smallest absolute Gasteiger partial charge is 0.146 e. The van der Waals surface area contributed by atoms with Crippen LogP contribution in [-0.4, -0.2) is 6.54 Å². The predicted molar refractivity (Wildman–Crippen MR) is 73.7 cm³/mol. The highest BCUT2D eigenvalue weighted by Crippen LogP contribution is 2.40. The first-order valence-corrected chi connectivity index (χ1v) is 6.90. The molecule has 0 aromatic heterocycles. The SMILES string of the molecule is CCC1(CNCc2ccc(N)c(F)c2)CCCC1. The van der Waals surface area contributed by atoms with Crippen LogP contribution >= 0.6 is 0 Å². The Bertz CT molecular complexity index is 397. The Morgan fingerprint density at radius 3 is 2.67 bits per heavy atom. The molecule has 1 aromatic rings. The number of hydrogen-bond donors (Lipinski definition) is 2. The van der Waals surface area contributed by atoms with Crippen LogP contribution in [-0.2, 0) is 6.54 Å². The summed E-state index contributed by atoms with van der Waals surface area (Å²) in [6.45, 7) is 4.03. The first kappa shape index (κ1) is 13.3. The number of rotatable bonds is 5. The molecule has 1 fully saturated rings. The number of anilines is 1. The summed E-state index contributed by atoms with van der Waals surface area (Å²) in [5.74, 6) is -0.319. The Hall–Kier alpha value is -1.09. The lowest BCUT2D eigenvalue weighted by atomic mass is 9.83. The third-order valence-electron chi connectivity index (χ3n) is 4.31. The molecular formula is C15H23FN2. The van der Waals surface area contributed by atoms with Gasteiger partial charge in [0.25, 0.3) is 0 Å². The van der Waals surface area contributed by atoms with Gasteiger partial charge >= 0.3 is 0 Å². The van der Waals surface area contributed by atoms with E-state index in [1.807, 2.05) is 6.07 Å². The minimum absolute atomic E-state index is 0.222. The number of nitrogen functional groups attached to an aromatic ring is 1. The molecular weight excluding hydrogens is 227 g/mol. The second-order valence-corrected chi connectivity index (χ2v) is 5.52. The molecule has 0 unspecified atom stereocenters. The van der Waals surface area contributed by atoms with Crippen LogP contribution in [0.4, 0.5) is 10.1 Å². The molecule has 1 aliphatic carbocycles. The Morgan fingerprint density at radius 2 is 2.06 bits per heavy atom. The number of nitrogens with two attached hydrogens (primary N) is 1. The predicted octanol–water partition coefficient (Wildman–Crippen LogP) is 3.47. The molecule has 0 heterocycles. The van der Waals surface area contributed by atoms with E-state index < -0.39 is 0 Å². The fourth-order valence-corrected chi connectivity index (χ4v) is 2.93. The van der Waals surface area contributed by atoms with Crippen molar-refractivity contribution < 1.29 is 4.39 Å². The van der Waals surface area contributed by atoms with E-state index in [1.165, 1.54) is 38.2 Å². The van der Waals surface area contributed by atoms with E-state index in [4.69, 9.17) is 5.73 Å². The van der Waals surface area contributed by atoms with Gasteiger partial charge < -0.3 is 11.1 Å². The monoisotopic (exact) mass is 250 g/mol. The molecule has 1 aliphatic rings. The number of nitrogens with one attached hydrogen (secondary N) is 1. The summed E-state index contributed by atoms with van der Waals surface area (Å²) in [4.78, 5) is 0. The normalized spacial score (nSPS) is 18.1. The Balaban J connectivity index is 1.86. The van der Waals surface area contributed by atoms with E-state index in [9.17, 15) is 4.39 Å². The van der Waals surface area contributed by atoms with Crippen LogP contribution < -0.4 is 11.1 Å². The molecule has 1 aromatic carbocycles. The van der Waals surface area contributed by atoms with Crippen molar-refractivity contribution in [1.29, 1.82) is 0 Å². The van der Waals surface area contributed by atoms with Gasteiger partial charge in [0, 0.05) is 13.1 Å². The standard InChI is InChI=1S/C15H23FN2/c1-2-15(7-3-4-8-15)11-18-10-12-5-6-14(17)13(16)9-12/h5-6,9,18H,2-4,7-8,10-11,17H2,1H3. The van der Waals surface area contributed by atoms with E-state index in [0.717, 1.165) is 18.7 Å². The molecule has 0 bridgehead atoms. The zero-order valence-corrected chi connectivity index (χ0v) is 11.1. The van der Waals surface area contributed by atoms with Gasteiger partial charge in [0.05, 0.1) is 5.69 Å². The summed E-state index contributed by atoms with van der Waals surface area (Å²) < 4.78 is 13.3. The Labute approximate surface area is 109 Å². The largest absolute Gasteiger partial charge is 0.396 e. The van der Waals surface area contributed by atoms with E-state index in [2.05, 4.69) is 12.2 Å². The summed E-state index contributed by atoms with van der Waals surface area (Å²) in [5.41, 5.74) is 7.13. The number of benzene rings is 1. The lowest BCUT2D eigenvalue weighted by Gasteiger charge is -2.27. The maximum atomic E-state index is 13.3. The summed E-state index contributed by atoms with van der Waals surface area (Å²) in [7, 11) is 0. The lowest BCUT2D eigenvalue weighted by Crippen LogP contribution is -2.31. The molecule has 0 aliphatic heterocycles. The van der Waals surface area contributed by atoms with Gasteiger partial charge in [-0.15, -0.1) is 0 Å². The molecule has 0 saturated heterocycles. The van der Waals surface area contributed by atoms with Crippen molar-refractivity contribution in [2.24, 2.45) is 5.41 Å². The van der Waals surface area contributed by atoms with Crippen LogP contribution in [0.5, 0.6) is 0 Å². The van der Waals surface area contributed by atoms with Gasteiger partial charge in [0.15, 0.2) is 0 Å². The molecule has 0 radical (unpaired) electrons. The molecule has 0 spiro atoms. The Morgan fingerprint density at radius 1 is 1.33 bits per heavy atom. The quantitative estimate of drug-likeness (QED) is 0.785. The van der Waals surface area contributed by atoms with Gasteiger partial charge in [0.2, 0.25) is 0 Å². The van der Waals surface area contributed by atoms with E-state index in [-0.39, 0.29) is 11.5 Å². The molecule has 0 amide bonds. The van der Waals surface area contributed by atoms with Crippen molar-refractivity contribution in [3.8, 4) is 0 Å². The molecule has 2 rings (SSSR count). The molecule has 3 N–H and O–H groups in total. The highest BCUT2D eigenvalue weighted by molar-refractivity contribution is 5.41. The highest BCUT2D eigenvalue weighted by atomic mass is 19.1. The van der Waals surface area contributed by atoms with Crippen LogP contribution in [0.25, 0.3) is 0 Å². The van der Waals surface area contributed by atoms with Crippen molar-refractivity contribution in [3.05, 3.63) is 29.6 Å². The molecule has 100 valence electrons. The van der Waals surface area contributed by atoms with Crippen LogP contribution in [0, 0.1) is 11.2 Å². The molecule has 1 saturated carbocycles. The second kappa shape index (κ2) is 5.70. The fraction of sp³-hybridized carbons (Fsp3) is 0.600. The maximum Gasteiger partial charge on any atom is 0.146 e. The topological polar surface area (TPSA) is 38.0 Å². The second-order valence-electron chi connectivity index (χ2n) is 5.52. The lowest BCUT2D eigenvalue weighted by molar-refractivity contribution is 0.268. The maximum absolute atomic E-state index is 13.3. The van der Waals surface area contributed by atoms with Gasteiger partial charge in [-0.2, -0.15) is 0 Å². The molecule has 18 heavy (non-hydrogen) atoms. The molecule has 0 atom stereocenters. The van der Waals surface area contributed by atoms with Crippen LogP contribution in [0.3, 0.4) is 0 Å². The van der Waals surface area contributed by atoms with Gasteiger partial charge in [-0.1, -0.05) is 25.8 Å². The van der Waals surface area contributed by atoms with Crippen molar-refractivity contribution in [3.63, 3.8) is 0 Å². The van der Waals surface area contributed by atoms with Crippen LogP contribution in [0.2, 0.25) is 0 Å². The molecule has 3 heteroatoms. The average Bonchev–Trinajstić information content (AvgIpc) is 2.83. The van der Waals surface area contributed by atoms with E-state index in [1.54, 1.807) is 6.07 Å². The highest BCUT2D eigenvalue weighted by Gasteiger charge is 2.31. The Kier molecular flexibility index (Phi) is 4.23. The first-order chi connectivity index (χ1) is 8.65. The van der Waals surface area contributed by atoms with E-state index >= 15 is 0 Å². The summed E-state index contributed by atoms with van der Waals surface area (Å²) in [6, 6.07) is 5.05. The van der Waals surface area contributed by atoms with Gasteiger partial charge in [0.1, 0.15) is 5.82 Å². The number of halogens is 1. The third kappa shape index (κ3) is 3.02. The average molecular weight is 250 g/mol. The van der Waals surface area contributed by atoms with Crippen LogP contribution in [0.1, 0.15) is 44.6 Å². The third-order valence-corrected chi connectivity index (χ3v) is 4.31. The summed E-state index contributed by atoms with van der Waals surface area (Å²) >= 11 is 0. The van der Waals surface area contributed by atoms with Gasteiger partial charge in [-0.25, -0.2) is 4.39 Å². The van der Waals surface area contributed by atoms with Crippen LogP contribution in [0.15, 0.2) is 18.2 Å². The minimum atomic E-state index is -0.319. The summed E-state index contributed by atoms with van der Waals surface area (Å²) in [5, 5.41) is 3.47. The first-order valence-electron chi connectivity index (χ1n) is 6.90. The van der Waals surface area contributed by atoms with Crippen molar-refractivity contribution in [1.82, 2.24) is 5.32 Å². The fourth-order valence-electron chi connectivity index (χ4n) is 2.93. The zero-order chi connectivity index (χ0) is 13.0. The van der Waals surface area contributed by atoms with Gasteiger partial charge in [-0.3, -0.25) is 0 Å². The van der Waals surface area contributed by atoms with E-state index in [0.29, 0.717) is 5.41 Å². The molecule has 2 nitrogen and oxygen atoms in total. The van der Waals surface area contributed by atoms with Crippen molar-refractivity contribution in [2.45, 2.75) is 45.6 Å². The summed E-state index contributed by atoms with van der Waals surface area (Å²) in [6.07, 6.45) is 6.59. The zero-order valence-electron chi connectivity index (χ0n) is 11.1. The van der Waals surface area contributed by atoms with Gasteiger partial charge in [-0.05, 0) is 42.4 Å². The minimum Gasteiger partial charge on any atom is -0.396 e. The van der Waals surface area contributed by atoms with Crippen molar-refractivity contribution in [2.75, 3.05) is 12.3 Å².